The SMILES string of the molecule is Fc1cccnc1OC1CN(C2CCOCC2)Cc2ccnn2C1. The van der Waals surface area contributed by atoms with E-state index in [0.717, 1.165) is 44.8 Å². The maximum Gasteiger partial charge on any atom is 0.250 e. The zero-order valence-corrected chi connectivity index (χ0v) is 13.5. The van der Waals surface area contributed by atoms with Crippen molar-refractivity contribution >= 4 is 0 Å². The molecular weight excluding hydrogens is 311 g/mol. The summed E-state index contributed by atoms with van der Waals surface area (Å²) in [6.07, 6.45) is 5.18. The zero-order chi connectivity index (χ0) is 16.4. The number of hydrogen-bond donors (Lipinski definition) is 0. The van der Waals surface area contributed by atoms with Crippen molar-refractivity contribution in [3.05, 3.63) is 42.1 Å². The van der Waals surface area contributed by atoms with E-state index in [1.54, 1.807) is 18.5 Å². The second-order valence-electron chi connectivity index (χ2n) is 6.31. The van der Waals surface area contributed by atoms with Crippen molar-refractivity contribution in [3.63, 3.8) is 0 Å². The Morgan fingerprint density at radius 2 is 2.04 bits per heavy atom. The van der Waals surface area contributed by atoms with Crippen LogP contribution >= 0.6 is 0 Å². The molecule has 0 aliphatic carbocycles. The van der Waals surface area contributed by atoms with Gasteiger partial charge in [-0.15, -0.1) is 0 Å². The van der Waals surface area contributed by atoms with Crippen LogP contribution in [0.4, 0.5) is 4.39 Å². The van der Waals surface area contributed by atoms with Gasteiger partial charge < -0.3 is 9.47 Å². The van der Waals surface area contributed by atoms with Crippen molar-refractivity contribution in [1.82, 2.24) is 19.7 Å². The Labute approximate surface area is 140 Å². The summed E-state index contributed by atoms with van der Waals surface area (Å²) in [5.41, 5.74) is 1.16. The summed E-state index contributed by atoms with van der Waals surface area (Å²) in [6, 6.07) is 5.43. The summed E-state index contributed by atoms with van der Waals surface area (Å²) in [6.45, 7) is 3.74. The molecule has 24 heavy (non-hydrogen) atoms. The summed E-state index contributed by atoms with van der Waals surface area (Å²) in [4.78, 5) is 6.43. The van der Waals surface area contributed by atoms with E-state index in [1.165, 1.54) is 6.07 Å². The van der Waals surface area contributed by atoms with Crippen molar-refractivity contribution < 1.29 is 13.9 Å². The number of fused-ring (bicyclic) bond motifs is 1. The second-order valence-corrected chi connectivity index (χ2v) is 6.31. The lowest BCUT2D eigenvalue weighted by molar-refractivity contribution is 0.0159. The van der Waals surface area contributed by atoms with Crippen LogP contribution in [0.2, 0.25) is 0 Å². The third-order valence-electron chi connectivity index (χ3n) is 4.69. The van der Waals surface area contributed by atoms with Crippen molar-refractivity contribution in [2.24, 2.45) is 0 Å². The third-order valence-corrected chi connectivity index (χ3v) is 4.69. The molecular formula is C17H21FN4O2. The van der Waals surface area contributed by atoms with Crippen LogP contribution in [0, 0.1) is 5.82 Å². The maximum absolute atomic E-state index is 13.9. The summed E-state index contributed by atoms with van der Waals surface area (Å²) in [7, 11) is 0. The lowest BCUT2D eigenvalue weighted by Gasteiger charge is -2.34. The molecule has 6 nitrogen and oxygen atoms in total. The van der Waals surface area contributed by atoms with Gasteiger partial charge in [-0.05, 0) is 31.0 Å². The Kier molecular flexibility index (Phi) is 4.44. The normalized spacial score (nSPS) is 22.8. The van der Waals surface area contributed by atoms with E-state index >= 15 is 0 Å². The minimum atomic E-state index is -0.431. The first-order valence-electron chi connectivity index (χ1n) is 8.39. The van der Waals surface area contributed by atoms with Gasteiger partial charge in [0.1, 0.15) is 6.10 Å². The molecule has 2 aromatic heterocycles. The van der Waals surface area contributed by atoms with Crippen LogP contribution in [0.5, 0.6) is 5.88 Å². The van der Waals surface area contributed by atoms with Crippen molar-refractivity contribution in [2.75, 3.05) is 19.8 Å². The Hall–Kier alpha value is -1.99. The molecule has 2 aliphatic rings. The van der Waals surface area contributed by atoms with Gasteiger partial charge in [-0.25, -0.2) is 9.37 Å². The quantitative estimate of drug-likeness (QED) is 0.859. The Bertz CT molecular complexity index is 687. The topological polar surface area (TPSA) is 52.4 Å². The zero-order valence-electron chi connectivity index (χ0n) is 13.5. The number of aromatic nitrogens is 3. The van der Waals surface area contributed by atoms with Crippen molar-refractivity contribution in [2.45, 2.75) is 38.1 Å². The highest BCUT2D eigenvalue weighted by molar-refractivity contribution is 5.13. The molecule has 0 aromatic carbocycles. The van der Waals surface area contributed by atoms with Gasteiger partial charge >= 0.3 is 0 Å². The Balaban J connectivity index is 1.56. The monoisotopic (exact) mass is 332 g/mol. The molecule has 1 unspecified atom stereocenters. The first kappa shape index (κ1) is 15.5. The molecule has 0 saturated carbocycles. The summed E-state index contributed by atoms with van der Waals surface area (Å²) < 4.78 is 27.2. The van der Waals surface area contributed by atoms with Crippen LogP contribution in [0.25, 0.3) is 0 Å². The number of nitrogens with zero attached hydrogens (tertiary/aromatic N) is 4. The smallest absolute Gasteiger partial charge is 0.250 e. The van der Waals surface area contributed by atoms with Crippen LogP contribution in [-0.4, -0.2) is 51.6 Å². The maximum atomic E-state index is 13.9. The predicted octanol–water partition coefficient (Wildman–Crippen LogP) is 1.86. The van der Waals surface area contributed by atoms with Crippen LogP contribution in [-0.2, 0) is 17.8 Å². The van der Waals surface area contributed by atoms with E-state index in [2.05, 4.69) is 15.0 Å². The van der Waals surface area contributed by atoms with Crippen LogP contribution in [0.15, 0.2) is 30.6 Å². The van der Waals surface area contributed by atoms with Crippen LogP contribution < -0.4 is 4.74 Å². The first-order valence-corrected chi connectivity index (χ1v) is 8.39. The number of ether oxygens (including phenoxy) is 2. The fourth-order valence-corrected chi connectivity index (χ4v) is 3.46. The Morgan fingerprint density at radius 1 is 1.17 bits per heavy atom. The molecule has 1 saturated heterocycles. The van der Waals surface area contributed by atoms with E-state index in [1.807, 2.05) is 10.7 Å². The third kappa shape index (κ3) is 3.27. The van der Waals surface area contributed by atoms with E-state index in [9.17, 15) is 4.39 Å². The molecule has 1 fully saturated rings. The van der Waals surface area contributed by atoms with E-state index in [4.69, 9.17) is 9.47 Å². The molecule has 128 valence electrons. The van der Waals surface area contributed by atoms with Gasteiger partial charge in [-0.1, -0.05) is 0 Å². The van der Waals surface area contributed by atoms with Crippen molar-refractivity contribution in [3.8, 4) is 5.88 Å². The molecule has 0 amide bonds. The van der Waals surface area contributed by atoms with Crippen LogP contribution in [0.1, 0.15) is 18.5 Å². The standard InChI is InChI=1S/C17H21FN4O2/c18-16-2-1-6-19-17(16)24-15-11-21(13-4-8-23-9-5-13)10-14-3-7-20-22(14)12-15/h1-3,6-7,13,15H,4-5,8-12H2. The first-order chi connectivity index (χ1) is 11.8. The molecule has 2 aromatic rings. The minimum absolute atomic E-state index is 0.0602. The molecule has 0 N–H and O–H groups in total. The van der Waals surface area contributed by atoms with Gasteiger partial charge in [0.2, 0.25) is 0 Å². The van der Waals surface area contributed by atoms with Gasteiger partial charge in [-0.2, -0.15) is 5.10 Å². The number of pyridine rings is 1. The second kappa shape index (κ2) is 6.86. The predicted molar refractivity (Wildman–Crippen MR) is 85.1 cm³/mol. The highest BCUT2D eigenvalue weighted by Crippen LogP contribution is 2.23. The molecule has 0 spiro atoms. The number of rotatable bonds is 3. The average molecular weight is 332 g/mol. The summed E-state index contributed by atoms with van der Waals surface area (Å²) in [5.74, 6) is -0.370. The highest BCUT2D eigenvalue weighted by atomic mass is 19.1. The molecule has 0 radical (unpaired) electrons. The van der Waals surface area contributed by atoms with Gasteiger partial charge in [0.05, 0.1) is 12.2 Å². The molecule has 0 bridgehead atoms. The Morgan fingerprint density at radius 3 is 2.88 bits per heavy atom. The van der Waals surface area contributed by atoms with E-state index in [0.29, 0.717) is 12.6 Å². The summed E-state index contributed by atoms with van der Waals surface area (Å²) >= 11 is 0. The van der Waals surface area contributed by atoms with E-state index in [-0.39, 0.29) is 12.0 Å². The highest BCUT2D eigenvalue weighted by Gasteiger charge is 2.30. The van der Waals surface area contributed by atoms with Crippen molar-refractivity contribution in [1.29, 1.82) is 0 Å². The fourth-order valence-electron chi connectivity index (χ4n) is 3.46. The number of halogens is 1. The van der Waals surface area contributed by atoms with Gasteiger partial charge in [0.15, 0.2) is 5.82 Å². The van der Waals surface area contributed by atoms with Gasteiger partial charge in [0.25, 0.3) is 5.88 Å². The molecule has 4 rings (SSSR count). The molecule has 1 atom stereocenters. The lowest BCUT2D eigenvalue weighted by atomic mass is 10.1. The average Bonchev–Trinajstić information content (AvgIpc) is 2.96. The molecule has 7 heteroatoms. The largest absolute Gasteiger partial charge is 0.469 e. The van der Waals surface area contributed by atoms with Gasteiger partial charge in [0, 0.05) is 44.7 Å². The fraction of sp³-hybridized carbons (Fsp3) is 0.529. The van der Waals surface area contributed by atoms with E-state index < -0.39 is 5.82 Å². The summed E-state index contributed by atoms with van der Waals surface area (Å²) in [5, 5.41) is 4.38. The molecule has 2 aliphatic heterocycles. The van der Waals surface area contributed by atoms with Crippen LogP contribution in [0.3, 0.4) is 0 Å². The molecule has 4 heterocycles. The van der Waals surface area contributed by atoms with Gasteiger partial charge in [-0.3, -0.25) is 9.58 Å². The minimum Gasteiger partial charge on any atom is -0.469 e. The lowest BCUT2D eigenvalue weighted by Crippen LogP contribution is -2.43. The number of hydrogen-bond acceptors (Lipinski definition) is 5.